The topological polar surface area (TPSA) is 29.3 Å². The van der Waals surface area contributed by atoms with Crippen molar-refractivity contribution in [3.63, 3.8) is 0 Å². The van der Waals surface area contributed by atoms with Crippen molar-refractivity contribution < 1.29 is 0 Å². The normalized spacial score (nSPS) is 37.8. The van der Waals surface area contributed by atoms with Gasteiger partial charge >= 0.3 is 0 Å². The average Bonchev–Trinajstić information content (AvgIpc) is 2.74. The predicted octanol–water partition coefficient (Wildman–Crippen LogP) is 1.21. The SMILES string of the molecule is NCC1CCCC1N1CCCC1. The van der Waals surface area contributed by atoms with Gasteiger partial charge < -0.3 is 10.6 Å². The van der Waals surface area contributed by atoms with Crippen LogP contribution in [0.4, 0.5) is 0 Å². The number of hydrogen-bond acceptors (Lipinski definition) is 2. The summed E-state index contributed by atoms with van der Waals surface area (Å²) in [5.41, 5.74) is 5.77. The van der Waals surface area contributed by atoms with E-state index in [0.717, 1.165) is 18.5 Å². The van der Waals surface area contributed by atoms with Crippen molar-refractivity contribution in [1.82, 2.24) is 4.90 Å². The lowest BCUT2D eigenvalue weighted by Gasteiger charge is -2.28. The van der Waals surface area contributed by atoms with Gasteiger partial charge in [0.05, 0.1) is 0 Å². The minimum atomic E-state index is 0.808. The van der Waals surface area contributed by atoms with E-state index in [2.05, 4.69) is 4.90 Å². The molecule has 2 fully saturated rings. The zero-order chi connectivity index (χ0) is 8.39. The monoisotopic (exact) mass is 168 g/mol. The molecule has 2 rings (SSSR count). The zero-order valence-electron chi connectivity index (χ0n) is 7.84. The van der Waals surface area contributed by atoms with Crippen LogP contribution < -0.4 is 5.73 Å². The summed E-state index contributed by atoms with van der Waals surface area (Å²) in [5, 5.41) is 0. The van der Waals surface area contributed by atoms with Gasteiger partial charge in [-0.2, -0.15) is 0 Å². The molecule has 1 aliphatic heterocycles. The highest BCUT2D eigenvalue weighted by Crippen LogP contribution is 2.31. The minimum absolute atomic E-state index is 0.808. The second-order valence-corrected chi connectivity index (χ2v) is 4.24. The maximum atomic E-state index is 5.77. The first-order valence-corrected chi connectivity index (χ1v) is 5.36. The van der Waals surface area contributed by atoms with E-state index in [4.69, 9.17) is 5.73 Å². The Hall–Kier alpha value is -0.0800. The molecule has 0 spiro atoms. The molecular weight excluding hydrogens is 148 g/mol. The van der Waals surface area contributed by atoms with Crippen LogP contribution in [-0.4, -0.2) is 30.6 Å². The molecule has 1 heterocycles. The molecule has 2 nitrogen and oxygen atoms in total. The van der Waals surface area contributed by atoms with Crippen molar-refractivity contribution in [3.8, 4) is 0 Å². The Bertz CT molecular complexity index is 141. The summed E-state index contributed by atoms with van der Waals surface area (Å²) in [6.45, 7) is 3.57. The average molecular weight is 168 g/mol. The summed E-state index contributed by atoms with van der Waals surface area (Å²) in [7, 11) is 0. The third kappa shape index (κ3) is 1.50. The van der Waals surface area contributed by atoms with Crippen molar-refractivity contribution in [2.24, 2.45) is 11.7 Å². The lowest BCUT2D eigenvalue weighted by atomic mass is 10.0. The van der Waals surface area contributed by atoms with Crippen molar-refractivity contribution in [3.05, 3.63) is 0 Å². The maximum absolute atomic E-state index is 5.77. The highest BCUT2D eigenvalue weighted by atomic mass is 15.2. The first-order chi connectivity index (χ1) is 5.92. The van der Waals surface area contributed by atoms with E-state index in [1.165, 1.54) is 45.2 Å². The number of rotatable bonds is 2. The summed E-state index contributed by atoms with van der Waals surface area (Å²) in [4.78, 5) is 2.67. The van der Waals surface area contributed by atoms with Crippen LogP contribution in [0.3, 0.4) is 0 Å². The Morgan fingerprint density at radius 3 is 2.50 bits per heavy atom. The highest BCUT2D eigenvalue weighted by molar-refractivity contribution is 4.87. The van der Waals surface area contributed by atoms with Gasteiger partial charge in [0.1, 0.15) is 0 Å². The van der Waals surface area contributed by atoms with Gasteiger partial charge in [-0.05, 0) is 51.2 Å². The molecule has 0 radical (unpaired) electrons. The summed E-state index contributed by atoms with van der Waals surface area (Å²) in [6, 6.07) is 0.845. The van der Waals surface area contributed by atoms with E-state index in [1.54, 1.807) is 0 Å². The van der Waals surface area contributed by atoms with Gasteiger partial charge in [0.2, 0.25) is 0 Å². The fourth-order valence-corrected chi connectivity index (χ4v) is 2.85. The van der Waals surface area contributed by atoms with Crippen LogP contribution in [0.25, 0.3) is 0 Å². The van der Waals surface area contributed by atoms with Crippen molar-refractivity contribution in [2.75, 3.05) is 19.6 Å². The standard InChI is InChI=1S/C10H20N2/c11-8-9-4-3-5-10(9)12-6-1-2-7-12/h9-10H,1-8,11H2. The fraction of sp³-hybridized carbons (Fsp3) is 1.00. The Balaban J connectivity index is 1.92. The molecule has 2 heteroatoms. The highest BCUT2D eigenvalue weighted by Gasteiger charge is 2.31. The second-order valence-electron chi connectivity index (χ2n) is 4.24. The molecule has 2 N–H and O–H groups in total. The Labute approximate surface area is 75.1 Å². The molecule has 2 atom stereocenters. The van der Waals surface area contributed by atoms with Crippen LogP contribution in [0.5, 0.6) is 0 Å². The van der Waals surface area contributed by atoms with Gasteiger partial charge in [-0.3, -0.25) is 0 Å². The first-order valence-electron chi connectivity index (χ1n) is 5.36. The molecule has 2 aliphatic rings. The molecule has 12 heavy (non-hydrogen) atoms. The number of likely N-dealkylation sites (tertiary alicyclic amines) is 1. The minimum Gasteiger partial charge on any atom is -0.330 e. The third-order valence-corrected chi connectivity index (χ3v) is 3.53. The molecule has 0 bridgehead atoms. The van der Waals surface area contributed by atoms with E-state index in [0.29, 0.717) is 0 Å². The van der Waals surface area contributed by atoms with Crippen LogP contribution in [-0.2, 0) is 0 Å². The summed E-state index contributed by atoms with van der Waals surface area (Å²) in [6.07, 6.45) is 7.00. The molecule has 0 aromatic rings. The molecule has 1 aliphatic carbocycles. The molecule has 0 amide bonds. The third-order valence-electron chi connectivity index (χ3n) is 3.53. The number of nitrogens with zero attached hydrogens (tertiary/aromatic N) is 1. The molecular formula is C10H20N2. The number of nitrogens with two attached hydrogens (primary N) is 1. The summed E-state index contributed by atoms with van der Waals surface area (Å²) < 4.78 is 0. The van der Waals surface area contributed by atoms with Gasteiger partial charge in [0.25, 0.3) is 0 Å². The molecule has 70 valence electrons. The van der Waals surface area contributed by atoms with Gasteiger partial charge in [0.15, 0.2) is 0 Å². The molecule has 1 saturated heterocycles. The van der Waals surface area contributed by atoms with Crippen LogP contribution in [0.15, 0.2) is 0 Å². The molecule has 1 saturated carbocycles. The fourth-order valence-electron chi connectivity index (χ4n) is 2.85. The molecule has 0 aromatic heterocycles. The maximum Gasteiger partial charge on any atom is 0.0135 e. The van der Waals surface area contributed by atoms with E-state index in [-0.39, 0.29) is 0 Å². The van der Waals surface area contributed by atoms with Gasteiger partial charge in [0, 0.05) is 6.04 Å². The smallest absolute Gasteiger partial charge is 0.0135 e. The summed E-state index contributed by atoms with van der Waals surface area (Å²) in [5.74, 6) is 0.808. The Kier molecular flexibility index (Phi) is 2.66. The van der Waals surface area contributed by atoms with Crippen LogP contribution in [0.2, 0.25) is 0 Å². The Morgan fingerprint density at radius 2 is 1.83 bits per heavy atom. The van der Waals surface area contributed by atoms with Gasteiger partial charge in [-0.1, -0.05) is 6.42 Å². The lowest BCUT2D eigenvalue weighted by molar-refractivity contribution is 0.200. The summed E-state index contributed by atoms with van der Waals surface area (Å²) >= 11 is 0. The van der Waals surface area contributed by atoms with E-state index in [9.17, 15) is 0 Å². The van der Waals surface area contributed by atoms with E-state index in [1.807, 2.05) is 0 Å². The largest absolute Gasteiger partial charge is 0.330 e. The van der Waals surface area contributed by atoms with Crippen molar-refractivity contribution in [2.45, 2.75) is 38.1 Å². The first kappa shape index (κ1) is 8.52. The second kappa shape index (κ2) is 3.75. The van der Waals surface area contributed by atoms with Crippen LogP contribution >= 0.6 is 0 Å². The molecule has 2 unspecified atom stereocenters. The predicted molar refractivity (Wildman–Crippen MR) is 51.0 cm³/mol. The van der Waals surface area contributed by atoms with Gasteiger partial charge in [-0.15, -0.1) is 0 Å². The zero-order valence-corrected chi connectivity index (χ0v) is 7.84. The van der Waals surface area contributed by atoms with Crippen molar-refractivity contribution >= 4 is 0 Å². The lowest BCUT2D eigenvalue weighted by Crippen LogP contribution is -2.38. The van der Waals surface area contributed by atoms with Crippen LogP contribution in [0, 0.1) is 5.92 Å². The van der Waals surface area contributed by atoms with E-state index >= 15 is 0 Å². The van der Waals surface area contributed by atoms with E-state index < -0.39 is 0 Å². The Morgan fingerprint density at radius 1 is 1.08 bits per heavy atom. The number of hydrogen-bond donors (Lipinski definition) is 1. The van der Waals surface area contributed by atoms with Crippen molar-refractivity contribution in [1.29, 1.82) is 0 Å². The molecule has 0 aromatic carbocycles. The quantitative estimate of drug-likeness (QED) is 0.671. The van der Waals surface area contributed by atoms with Gasteiger partial charge in [-0.25, -0.2) is 0 Å². The van der Waals surface area contributed by atoms with Crippen LogP contribution in [0.1, 0.15) is 32.1 Å².